The van der Waals surface area contributed by atoms with Crippen LogP contribution >= 0.6 is 11.3 Å². The van der Waals surface area contributed by atoms with Gasteiger partial charge in [-0.1, -0.05) is 12.8 Å². The molecule has 1 N–H and O–H groups in total. The van der Waals surface area contributed by atoms with Gasteiger partial charge in [0.05, 0.1) is 5.56 Å². The maximum Gasteiger partial charge on any atom is 0.226 e. The number of carbonyl (C=O) groups excluding carboxylic acids is 1. The number of nitrogens with one attached hydrogen (secondary N) is 1. The Bertz CT molecular complexity index is 456. The van der Waals surface area contributed by atoms with Crippen molar-refractivity contribution in [3.05, 3.63) is 17.0 Å². The highest BCUT2D eigenvalue weighted by molar-refractivity contribution is 7.14. The molecule has 0 aliphatic carbocycles. The molecule has 0 aromatic carbocycles. The first kappa shape index (κ1) is 14.0. The van der Waals surface area contributed by atoms with Crippen molar-refractivity contribution in [3.8, 4) is 6.07 Å². The molecular formula is C14H19N3OS. The number of likely N-dealkylation sites (tertiary alicyclic amines) is 1. The van der Waals surface area contributed by atoms with Crippen molar-refractivity contribution in [1.29, 1.82) is 5.26 Å². The lowest BCUT2D eigenvalue weighted by molar-refractivity contribution is -0.116. The van der Waals surface area contributed by atoms with Gasteiger partial charge >= 0.3 is 0 Å². The van der Waals surface area contributed by atoms with Crippen LogP contribution in [0, 0.1) is 11.3 Å². The van der Waals surface area contributed by atoms with Crippen LogP contribution < -0.4 is 5.32 Å². The van der Waals surface area contributed by atoms with Crippen molar-refractivity contribution >= 4 is 22.2 Å². The highest BCUT2D eigenvalue weighted by atomic mass is 32.1. The fraction of sp³-hybridized carbons (Fsp3) is 0.571. The number of anilines is 1. The van der Waals surface area contributed by atoms with Crippen molar-refractivity contribution in [3.63, 3.8) is 0 Å². The van der Waals surface area contributed by atoms with Crippen LogP contribution in [0.5, 0.6) is 0 Å². The third-order valence-corrected chi connectivity index (χ3v) is 4.22. The summed E-state index contributed by atoms with van der Waals surface area (Å²) in [6, 6.07) is 3.81. The highest BCUT2D eigenvalue weighted by Gasteiger charge is 2.12. The Morgan fingerprint density at radius 3 is 2.79 bits per heavy atom. The van der Waals surface area contributed by atoms with Crippen LogP contribution in [0.15, 0.2) is 11.4 Å². The molecule has 1 aliphatic heterocycles. The molecule has 2 heterocycles. The topological polar surface area (TPSA) is 56.1 Å². The number of thiophene rings is 1. The molecule has 0 spiro atoms. The molecule has 0 atom stereocenters. The van der Waals surface area contributed by atoms with Crippen LogP contribution in [0.2, 0.25) is 0 Å². The molecule has 1 fully saturated rings. The fourth-order valence-electron chi connectivity index (χ4n) is 2.30. The summed E-state index contributed by atoms with van der Waals surface area (Å²) in [5.41, 5.74) is 0.549. The molecule has 1 aliphatic rings. The predicted octanol–water partition coefficient (Wildman–Crippen LogP) is 2.82. The second-order valence-corrected chi connectivity index (χ2v) is 5.75. The minimum atomic E-state index is 0.00296. The van der Waals surface area contributed by atoms with Gasteiger partial charge in [-0.15, -0.1) is 11.3 Å². The SMILES string of the molecule is N#Cc1ccsc1NC(=O)CCN1CCCCCC1. The van der Waals surface area contributed by atoms with Gasteiger partial charge in [0.25, 0.3) is 0 Å². The molecule has 5 heteroatoms. The third kappa shape index (κ3) is 4.34. The highest BCUT2D eigenvalue weighted by Crippen LogP contribution is 2.22. The maximum atomic E-state index is 11.9. The molecule has 2 rings (SSSR count). The van der Waals surface area contributed by atoms with Gasteiger partial charge < -0.3 is 10.2 Å². The summed E-state index contributed by atoms with van der Waals surface area (Å²) < 4.78 is 0. The first-order chi connectivity index (χ1) is 9.29. The predicted molar refractivity (Wildman–Crippen MR) is 77.2 cm³/mol. The van der Waals surface area contributed by atoms with E-state index in [4.69, 9.17) is 5.26 Å². The Kier molecular flexibility index (Phi) is 5.37. The molecular weight excluding hydrogens is 258 g/mol. The minimum absolute atomic E-state index is 0.00296. The molecule has 19 heavy (non-hydrogen) atoms. The molecule has 4 nitrogen and oxygen atoms in total. The van der Waals surface area contributed by atoms with E-state index in [9.17, 15) is 4.79 Å². The minimum Gasteiger partial charge on any atom is -0.317 e. The average Bonchev–Trinajstić information content (AvgIpc) is 2.70. The number of amides is 1. The van der Waals surface area contributed by atoms with Crippen LogP contribution in [-0.4, -0.2) is 30.4 Å². The van der Waals surface area contributed by atoms with E-state index in [0.29, 0.717) is 17.0 Å². The normalized spacial score (nSPS) is 16.6. The van der Waals surface area contributed by atoms with E-state index in [2.05, 4.69) is 16.3 Å². The number of hydrogen-bond acceptors (Lipinski definition) is 4. The molecule has 1 aromatic rings. The summed E-state index contributed by atoms with van der Waals surface area (Å²) in [5.74, 6) is 0.00296. The quantitative estimate of drug-likeness (QED) is 0.920. The molecule has 0 saturated carbocycles. The zero-order chi connectivity index (χ0) is 13.5. The van der Waals surface area contributed by atoms with Crippen LogP contribution in [0.3, 0.4) is 0 Å². The van der Waals surface area contributed by atoms with Crippen molar-refractivity contribution < 1.29 is 4.79 Å². The van der Waals surface area contributed by atoms with E-state index >= 15 is 0 Å². The van der Waals surface area contributed by atoms with Gasteiger partial charge in [-0.3, -0.25) is 4.79 Å². The Balaban J connectivity index is 1.77. The van der Waals surface area contributed by atoms with Gasteiger partial charge in [0.1, 0.15) is 11.1 Å². The van der Waals surface area contributed by atoms with Crippen LogP contribution in [0.25, 0.3) is 0 Å². The van der Waals surface area contributed by atoms with Gasteiger partial charge in [0.2, 0.25) is 5.91 Å². The molecule has 0 bridgehead atoms. The summed E-state index contributed by atoms with van der Waals surface area (Å²) in [6.07, 6.45) is 5.60. The average molecular weight is 277 g/mol. The molecule has 0 unspecified atom stereocenters. The van der Waals surface area contributed by atoms with Gasteiger partial charge in [0, 0.05) is 13.0 Å². The van der Waals surface area contributed by atoms with E-state index in [1.807, 2.05) is 5.38 Å². The second kappa shape index (κ2) is 7.27. The first-order valence-corrected chi connectivity index (χ1v) is 7.67. The van der Waals surface area contributed by atoms with E-state index in [0.717, 1.165) is 19.6 Å². The van der Waals surface area contributed by atoms with E-state index in [-0.39, 0.29) is 5.91 Å². The number of rotatable bonds is 4. The van der Waals surface area contributed by atoms with Crippen LogP contribution in [-0.2, 0) is 4.79 Å². The Morgan fingerprint density at radius 1 is 1.37 bits per heavy atom. The van der Waals surface area contributed by atoms with Crippen molar-refractivity contribution in [2.24, 2.45) is 0 Å². The number of carbonyl (C=O) groups is 1. The lowest BCUT2D eigenvalue weighted by atomic mass is 10.2. The molecule has 1 aromatic heterocycles. The standard InChI is InChI=1S/C14H19N3OS/c15-11-12-6-10-19-14(12)16-13(18)5-9-17-7-3-1-2-4-8-17/h6,10H,1-5,7-9H2,(H,16,18). The Labute approximate surface area is 118 Å². The summed E-state index contributed by atoms with van der Waals surface area (Å²) in [5, 5.41) is 14.2. The molecule has 102 valence electrons. The Hall–Kier alpha value is -1.38. The van der Waals surface area contributed by atoms with E-state index in [1.165, 1.54) is 37.0 Å². The van der Waals surface area contributed by atoms with E-state index < -0.39 is 0 Å². The second-order valence-electron chi connectivity index (χ2n) is 4.83. The summed E-state index contributed by atoms with van der Waals surface area (Å²) in [7, 11) is 0. The van der Waals surface area contributed by atoms with Crippen molar-refractivity contribution in [2.45, 2.75) is 32.1 Å². The van der Waals surface area contributed by atoms with Crippen LogP contribution in [0.4, 0.5) is 5.00 Å². The summed E-state index contributed by atoms with van der Waals surface area (Å²) in [4.78, 5) is 14.2. The fourth-order valence-corrected chi connectivity index (χ4v) is 3.06. The van der Waals surface area contributed by atoms with Gasteiger partial charge in [0.15, 0.2) is 0 Å². The van der Waals surface area contributed by atoms with Crippen LogP contribution in [0.1, 0.15) is 37.7 Å². The third-order valence-electron chi connectivity index (χ3n) is 3.39. The number of hydrogen-bond donors (Lipinski definition) is 1. The largest absolute Gasteiger partial charge is 0.317 e. The number of nitriles is 1. The van der Waals surface area contributed by atoms with Gasteiger partial charge in [-0.25, -0.2) is 0 Å². The first-order valence-electron chi connectivity index (χ1n) is 6.79. The van der Waals surface area contributed by atoms with E-state index in [1.54, 1.807) is 6.07 Å². The number of nitrogens with zero attached hydrogens (tertiary/aromatic N) is 2. The molecule has 0 radical (unpaired) electrons. The zero-order valence-corrected chi connectivity index (χ0v) is 11.8. The maximum absolute atomic E-state index is 11.9. The lowest BCUT2D eigenvalue weighted by Crippen LogP contribution is -2.28. The lowest BCUT2D eigenvalue weighted by Gasteiger charge is -2.18. The van der Waals surface area contributed by atoms with Crippen molar-refractivity contribution in [1.82, 2.24) is 4.90 Å². The summed E-state index contributed by atoms with van der Waals surface area (Å²) >= 11 is 1.40. The monoisotopic (exact) mass is 277 g/mol. The summed E-state index contributed by atoms with van der Waals surface area (Å²) in [6.45, 7) is 3.03. The molecule has 1 amide bonds. The smallest absolute Gasteiger partial charge is 0.226 e. The van der Waals surface area contributed by atoms with Gasteiger partial charge in [-0.05, 0) is 37.4 Å². The zero-order valence-electron chi connectivity index (χ0n) is 11.0. The van der Waals surface area contributed by atoms with Gasteiger partial charge in [-0.2, -0.15) is 5.26 Å². The Morgan fingerprint density at radius 2 is 2.11 bits per heavy atom. The molecule has 1 saturated heterocycles. The van der Waals surface area contributed by atoms with Crippen molar-refractivity contribution in [2.75, 3.05) is 25.0 Å².